The van der Waals surface area contributed by atoms with E-state index in [4.69, 9.17) is 9.47 Å². The summed E-state index contributed by atoms with van der Waals surface area (Å²) >= 11 is 0. The third-order valence-electron chi connectivity index (χ3n) is 3.46. The van der Waals surface area contributed by atoms with Gasteiger partial charge in [0, 0.05) is 0 Å². The Morgan fingerprint density at radius 3 is 2.71 bits per heavy atom. The molecule has 0 radical (unpaired) electrons. The molecule has 0 aromatic heterocycles. The van der Waals surface area contributed by atoms with Crippen molar-refractivity contribution in [2.24, 2.45) is 0 Å². The summed E-state index contributed by atoms with van der Waals surface area (Å²) in [6, 6.07) is 17.2. The molecule has 2 atom stereocenters. The minimum atomic E-state index is -0.619. The Balaban J connectivity index is 1.65. The topological polar surface area (TPSA) is 47.6 Å². The molecule has 2 aromatic carbocycles. The molecule has 0 amide bonds. The third-order valence-corrected chi connectivity index (χ3v) is 3.46. The second-order valence-electron chi connectivity index (χ2n) is 4.97. The van der Waals surface area contributed by atoms with E-state index in [0.717, 1.165) is 11.3 Å². The highest BCUT2D eigenvalue weighted by Gasteiger charge is 2.28. The van der Waals surface area contributed by atoms with Gasteiger partial charge in [0.25, 0.3) is 0 Å². The van der Waals surface area contributed by atoms with Crippen LogP contribution in [0.25, 0.3) is 0 Å². The summed E-state index contributed by atoms with van der Waals surface area (Å²) in [6.07, 6.45) is -0.912. The monoisotopic (exact) mass is 283 g/mol. The summed E-state index contributed by atoms with van der Waals surface area (Å²) in [4.78, 5) is 12.2. The van der Waals surface area contributed by atoms with Gasteiger partial charge in [-0.25, -0.2) is 4.79 Å². The molecule has 21 heavy (non-hydrogen) atoms. The first-order valence-electron chi connectivity index (χ1n) is 6.99. The molecular weight excluding hydrogens is 266 g/mol. The molecule has 3 rings (SSSR count). The Morgan fingerprint density at radius 1 is 1.19 bits per heavy atom. The molecule has 1 aliphatic heterocycles. The van der Waals surface area contributed by atoms with E-state index < -0.39 is 6.10 Å². The number of anilines is 1. The first-order chi connectivity index (χ1) is 10.2. The van der Waals surface area contributed by atoms with Crippen molar-refractivity contribution >= 4 is 11.7 Å². The number of rotatable bonds is 3. The number of ether oxygens (including phenoxy) is 2. The molecule has 0 saturated heterocycles. The van der Waals surface area contributed by atoms with Crippen LogP contribution >= 0.6 is 0 Å². The lowest BCUT2D eigenvalue weighted by atomic mass is 10.1. The first kappa shape index (κ1) is 13.5. The molecule has 0 spiro atoms. The molecule has 108 valence electrons. The van der Waals surface area contributed by atoms with Crippen molar-refractivity contribution in [2.75, 3.05) is 11.9 Å². The highest BCUT2D eigenvalue weighted by Crippen LogP contribution is 2.29. The van der Waals surface area contributed by atoms with Crippen LogP contribution in [0.4, 0.5) is 5.69 Å². The van der Waals surface area contributed by atoms with Crippen LogP contribution in [0, 0.1) is 0 Å². The Kier molecular flexibility index (Phi) is 3.77. The lowest BCUT2D eigenvalue weighted by Crippen LogP contribution is -2.39. The summed E-state index contributed by atoms with van der Waals surface area (Å²) in [6.45, 7) is 2.27. The molecule has 0 bridgehead atoms. The number of nitrogens with one attached hydrogen (secondary N) is 1. The fourth-order valence-electron chi connectivity index (χ4n) is 2.29. The zero-order chi connectivity index (χ0) is 14.7. The fraction of sp³-hybridized carbons (Fsp3) is 0.235. The Labute approximate surface area is 123 Å². The second-order valence-corrected chi connectivity index (χ2v) is 4.97. The van der Waals surface area contributed by atoms with Crippen LogP contribution in [-0.2, 0) is 9.53 Å². The molecular formula is C17H17NO3. The normalized spacial score (nSPS) is 17.9. The molecule has 1 N–H and O–H groups in total. The summed E-state index contributed by atoms with van der Waals surface area (Å²) in [5.41, 5.74) is 1.87. The lowest BCUT2D eigenvalue weighted by Gasteiger charge is -2.27. The van der Waals surface area contributed by atoms with Crippen LogP contribution in [-0.4, -0.2) is 18.6 Å². The van der Waals surface area contributed by atoms with Gasteiger partial charge in [-0.2, -0.15) is 0 Å². The molecule has 4 nitrogen and oxygen atoms in total. The number of carbonyl (C=O) groups is 1. The first-order valence-corrected chi connectivity index (χ1v) is 6.99. The number of carbonyl (C=O) groups excluding carboxylic acids is 1. The quantitative estimate of drug-likeness (QED) is 0.879. The van der Waals surface area contributed by atoms with Gasteiger partial charge < -0.3 is 14.8 Å². The van der Waals surface area contributed by atoms with Gasteiger partial charge in [-0.1, -0.05) is 42.5 Å². The van der Waals surface area contributed by atoms with Crippen molar-refractivity contribution in [1.82, 2.24) is 0 Å². The molecule has 1 heterocycles. The third kappa shape index (κ3) is 2.99. The molecule has 2 aromatic rings. The van der Waals surface area contributed by atoms with E-state index >= 15 is 0 Å². The smallest absolute Gasteiger partial charge is 0.349 e. The van der Waals surface area contributed by atoms with Gasteiger partial charge in [-0.05, 0) is 24.6 Å². The number of fused-ring (bicyclic) bond motifs is 1. The van der Waals surface area contributed by atoms with E-state index in [1.807, 2.05) is 61.5 Å². The Bertz CT molecular complexity index is 627. The van der Waals surface area contributed by atoms with E-state index in [2.05, 4.69) is 5.32 Å². The molecule has 2 unspecified atom stereocenters. The van der Waals surface area contributed by atoms with Crippen molar-refractivity contribution in [2.45, 2.75) is 19.1 Å². The molecule has 0 saturated carbocycles. The van der Waals surface area contributed by atoms with Crippen molar-refractivity contribution in [3.8, 4) is 5.75 Å². The highest BCUT2D eigenvalue weighted by molar-refractivity contribution is 5.78. The predicted molar refractivity (Wildman–Crippen MR) is 80.3 cm³/mol. The van der Waals surface area contributed by atoms with Gasteiger partial charge in [-0.3, -0.25) is 0 Å². The van der Waals surface area contributed by atoms with Gasteiger partial charge in [0.1, 0.15) is 11.9 Å². The summed E-state index contributed by atoms with van der Waals surface area (Å²) in [5, 5.41) is 3.18. The highest BCUT2D eigenvalue weighted by atomic mass is 16.6. The summed E-state index contributed by atoms with van der Waals surface area (Å²) < 4.78 is 11.2. The van der Waals surface area contributed by atoms with Crippen LogP contribution in [0.2, 0.25) is 0 Å². The van der Waals surface area contributed by atoms with Gasteiger partial charge in [0.05, 0.1) is 12.2 Å². The molecule has 4 heteroatoms. The SMILES string of the molecule is CC(OC(=O)C1CNc2ccccc2O1)c1ccccc1. The van der Waals surface area contributed by atoms with E-state index in [0.29, 0.717) is 12.3 Å². The maximum atomic E-state index is 12.2. The Hall–Kier alpha value is -2.49. The van der Waals surface area contributed by atoms with E-state index in [1.165, 1.54) is 0 Å². The van der Waals surface area contributed by atoms with Crippen LogP contribution in [0.1, 0.15) is 18.6 Å². The van der Waals surface area contributed by atoms with Gasteiger partial charge >= 0.3 is 5.97 Å². The zero-order valence-electron chi connectivity index (χ0n) is 11.8. The van der Waals surface area contributed by atoms with Gasteiger partial charge in [0.15, 0.2) is 0 Å². The number of benzene rings is 2. The van der Waals surface area contributed by atoms with Gasteiger partial charge in [0.2, 0.25) is 6.10 Å². The lowest BCUT2D eigenvalue weighted by molar-refractivity contribution is -0.156. The standard InChI is InChI=1S/C17H17NO3/c1-12(13-7-3-2-4-8-13)20-17(19)16-11-18-14-9-5-6-10-15(14)21-16/h2-10,12,16,18H,11H2,1H3. The van der Waals surface area contributed by atoms with Crippen molar-refractivity contribution < 1.29 is 14.3 Å². The van der Waals surface area contributed by atoms with E-state index in [9.17, 15) is 4.79 Å². The maximum absolute atomic E-state index is 12.2. The van der Waals surface area contributed by atoms with Crippen molar-refractivity contribution in [3.63, 3.8) is 0 Å². The fourth-order valence-corrected chi connectivity index (χ4v) is 2.29. The van der Waals surface area contributed by atoms with Crippen LogP contribution in [0.5, 0.6) is 5.75 Å². The number of hydrogen-bond donors (Lipinski definition) is 1. The largest absolute Gasteiger partial charge is 0.475 e. The zero-order valence-corrected chi connectivity index (χ0v) is 11.8. The average Bonchev–Trinajstić information content (AvgIpc) is 2.55. The van der Waals surface area contributed by atoms with Crippen molar-refractivity contribution in [1.29, 1.82) is 0 Å². The van der Waals surface area contributed by atoms with E-state index in [1.54, 1.807) is 0 Å². The number of para-hydroxylation sites is 2. The van der Waals surface area contributed by atoms with E-state index in [-0.39, 0.29) is 12.1 Å². The van der Waals surface area contributed by atoms with Crippen molar-refractivity contribution in [3.05, 3.63) is 60.2 Å². The predicted octanol–water partition coefficient (Wildman–Crippen LogP) is 3.16. The van der Waals surface area contributed by atoms with Gasteiger partial charge in [-0.15, -0.1) is 0 Å². The minimum Gasteiger partial charge on any atom is -0.475 e. The summed E-state index contributed by atoms with van der Waals surface area (Å²) in [7, 11) is 0. The maximum Gasteiger partial charge on any atom is 0.349 e. The number of esters is 1. The van der Waals surface area contributed by atoms with Crippen LogP contribution < -0.4 is 10.1 Å². The molecule has 0 aliphatic carbocycles. The second kappa shape index (κ2) is 5.87. The average molecular weight is 283 g/mol. The minimum absolute atomic E-state index is 0.292. The Morgan fingerprint density at radius 2 is 1.90 bits per heavy atom. The van der Waals surface area contributed by atoms with Crippen LogP contribution in [0.15, 0.2) is 54.6 Å². The molecule has 0 fully saturated rings. The van der Waals surface area contributed by atoms with Crippen LogP contribution in [0.3, 0.4) is 0 Å². The molecule has 1 aliphatic rings. The summed E-state index contributed by atoms with van der Waals surface area (Å²) in [5.74, 6) is 0.325. The number of hydrogen-bond acceptors (Lipinski definition) is 4.